The number of carbonyl (C=O) groups is 2. The average Bonchev–Trinajstić information content (AvgIpc) is 1.84. The molecule has 0 amide bonds. The van der Waals surface area contributed by atoms with Crippen molar-refractivity contribution < 1.29 is 9.59 Å². The van der Waals surface area contributed by atoms with Crippen LogP contribution in [0, 0.1) is 0 Å². The van der Waals surface area contributed by atoms with Gasteiger partial charge < -0.3 is 0 Å². The molecule has 0 unspecified atom stereocenters. The second-order valence-electron chi connectivity index (χ2n) is 2.27. The summed E-state index contributed by atoms with van der Waals surface area (Å²) in [5, 5.41) is 0. The molecule has 10 heavy (non-hydrogen) atoms. The fraction of sp³-hybridized carbons (Fsp3) is 0.667. The summed E-state index contributed by atoms with van der Waals surface area (Å²) >= 11 is 10.9. The van der Waals surface area contributed by atoms with Gasteiger partial charge >= 0.3 is 0 Å². The number of hydrogen-bond acceptors (Lipinski definition) is 2. The topological polar surface area (TPSA) is 34.1 Å². The van der Waals surface area contributed by atoms with Gasteiger partial charge in [0.2, 0.25) is 4.33 Å². The molecular formula is C6H6Cl2O2. The van der Waals surface area contributed by atoms with Gasteiger partial charge in [0.1, 0.15) is 0 Å². The van der Waals surface area contributed by atoms with Crippen molar-refractivity contribution in [3.05, 3.63) is 0 Å². The van der Waals surface area contributed by atoms with Crippen LogP contribution in [0.5, 0.6) is 0 Å². The molecule has 0 aromatic heterocycles. The van der Waals surface area contributed by atoms with Gasteiger partial charge in [0, 0.05) is 12.8 Å². The second-order valence-corrected chi connectivity index (χ2v) is 3.60. The minimum atomic E-state index is -1.74. The highest BCUT2D eigenvalue weighted by molar-refractivity contribution is 6.68. The lowest BCUT2D eigenvalue weighted by atomic mass is 9.97. The SMILES string of the molecule is O=C1CCCC(=O)C1(Cl)Cl. The minimum absolute atomic E-state index is 0.318. The van der Waals surface area contributed by atoms with Crippen molar-refractivity contribution in [1.82, 2.24) is 0 Å². The first-order chi connectivity index (χ1) is 4.55. The molecule has 0 heterocycles. The molecule has 0 radical (unpaired) electrons. The molecule has 2 nitrogen and oxygen atoms in total. The van der Waals surface area contributed by atoms with Crippen molar-refractivity contribution in [2.75, 3.05) is 0 Å². The zero-order valence-electron chi connectivity index (χ0n) is 5.19. The molecule has 0 bridgehead atoms. The van der Waals surface area contributed by atoms with Crippen molar-refractivity contribution in [3.63, 3.8) is 0 Å². The molecule has 0 spiro atoms. The van der Waals surface area contributed by atoms with Crippen molar-refractivity contribution in [3.8, 4) is 0 Å². The standard InChI is InChI=1S/C6H6Cl2O2/c7-6(8)4(9)2-1-3-5(6)10/h1-3H2. The minimum Gasteiger partial charge on any atom is -0.296 e. The van der Waals surface area contributed by atoms with Gasteiger partial charge in [-0.25, -0.2) is 0 Å². The lowest BCUT2D eigenvalue weighted by Crippen LogP contribution is -2.38. The van der Waals surface area contributed by atoms with Crippen molar-refractivity contribution in [1.29, 1.82) is 0 Å². The van der Waals surface area contributed by atoms with Crippen LogP contribution in [0.15, 0.2) is 0 Å². The van der Waals surface area contributed by atoms with E-state index in [1.54, 1.807) is 0 Å². The van der Waals surface area contributed by atoms with Gasteiger partial charge in [-0.2, -0.15) is 0 Å². The van der Waals surface area contributed by atoms with E-state index in [1.807, 2.05) is 0 Å². The van der Waals surface area contributed by atoms with E-state index in [0.29, 0.717) is 19.3 Å². The Balaban J connectivity index is 2.83. The van der Waals surface area contributed by atoms with Crippen LogP contribution < -0.4 is 0 Å². The van der Waals surface area contributed by atoms with Gasteiger partial charge in [0.05, 0.1) is 0 Å². The molecule has 1 aliphatic carbocycles. The monoisotopic (exact) mass is 180 g/mol. The fourth-order valence-electron chi connectivity index (χ4n) is 0.879. The third kappa shape index (κ3) is 1.18. The number of alkyl halides is 2. The first-order valence-electron chi connectivity index (χ1n) is 2.99. The lowest BCUT2D eigenvalue weighted by molar-refractivity contribution is -0.130. The van der Waals surface area contributed by atoms with Gasteiger partial charge in [-0.3, -0.25) is 9.59 Å². The third-order valence-electron chi connectivity index (χ3n) is 1.51. The number of hydrogen-bond donors (Lipinski definition) is 0. The molecule has 1 rings (SSSR count). The Bertz CT molecular complexity index is 168. The number of rotatable bonds is 0. The zero-order valence-corrected chi connectivity index (χ0v) is 6.71. The molecule has 0 N–H and O–H groups in total. The highest BCUT2D eigenvalue weighted by atomic mass is 35.5. The van der Waals surface area contributed by atoms with Crippen LogP contribution in [-0.4, -0.2) is 15.9 Å². The first-order valence-corrected chi connectivity index (χ1v) is 3.75. The van der Waals surface area contributed by atoms with E-state index >= 15 is 0 Å². The first kappa shape index (κ1) is 8.02. The van der Waals surface area contributed by atoms with Gasteiger partial charge in [-0.1, -0.05) is 23.2 Å². The van der Waals surface area contributed by atoms with E-state index in [-0.39, 0.29) is 11.6 Å². The predicted octanol–water partition coefficient (Wildman–Crippen LogP) is 1.48. The maximum Gasteiger partial charge on any atom is 0.233 e. The van der Waals surface area contributed by atoms with E-state index in [9.17, 15) is 9.59 Å². The summed E-state index contributed by atoms with van der Waals surface area (Å²) < 4.78 is -1.74. The number of carbonyl (C=O) groups excluding carboxylic acids is 2. The second kappa shape index (κ2) is 2.51. The van der Waals surface area contributed by atoms with E-state index in [2.05, 4.69) is 0 Å². The molecule has 4 heteroatoms. The Kier molecular flexibility index (Phi) is 2.02. The summed E-state index contributed by atoms with van der Waals surface area (Å²) in [4.78, 5) is 21.7. The van der Waals surface area contributed by atoms with E-state index < -0.39 is 4.33 Å². The average molecular weight is 181 g/mol. The maximum absolute atomic E-state index is 10.8. The quantitative estimate of drug-likeness (QED) is 0.419. The summed E-state index contributed by atoms with van der Waals surface area (Å²) in [6.45, 7) is 0. The fourth-order valence-corrected chi connectivity index (χ4v) is 1.26. The highest BCUT2D eigenvalue weighted by Crippen LogP contribution is 2.31. The molecule has 0 saturated heterocycles. The summed E-state index contributed by atoms with van der Waals surface area (Å²) in [6, 6.07) is 0. The van der Waals surface area contributed by atoms with Gasteiger partial charge in [0.15, 0.2) is 11.6 Å². The Morgan fingerprint density at radius 1 is 1.10 bits per heavy atom. The van der Waals surface area contributed by atoms with E-state index in [0.717, 1.165) is 0 Å². The summed E-state index contributed by atoms with van der Waals surface area (Å²) in [7, 11) is 0. The smallest absolute Gasteiger partial charge is 0.233 e. The highest BCUT2D eigenvalue weighted by Gasteiger charge is 2.43. The molecule has 0 aromatic rings. The molecule has 0 aromatic carbocycles. The van der Waals surface area contributed by atoms with E-state index in [1.165, 1.54) is 0 Å². The lowest BCUT2D eigenvalue weighted by Gasteiger charge is -2.20. The van der Waals surface area contributed by atoms with Crippen molar-refractivity contribution in [2.24, 2.45) is 0 Å². The maximum atomic E-state index is 10.8. The van der Waals surface area contributed by atoms with Crippen molar-refractivity contribution in [2.45, 2.75) is 23.6 Å². The Morgan fingerprint density at radius 3 is 1.80 bits per heavy atom. The predicted molar refractivity (Wildman–Crippen MR) is 38.3 cm³/mol. The van der Waals surface area contributed by atoms with Crippen LogP contribution in [0.4, 0.5) is 0 Å². The molecule has 1 aliphatic rings. The Labute approximate surface area is 68.5 Å². The Hall–Kier alpha value is -0.0800. The van der Waals surface area contributed by atoms with Gasteiger partial charge in [0.25, 0.3) is 0 Å². The van der Waals surface area contributed by atoms with E-state index in [4.69, 9.17) is 23.2 Å². The largest absolute Gasteiger partial charge is 0.296 e. The van der Waals surface area contributed by atoms with Crippen LogP contribution in [0.3, 0.4) is 0 Å². The molecule has 1 fully saturated rings. The number of Topliss-reactive ketones (excluding diaryl/α,β-unsaturated/α-hetero) is 2. The van der Waals surface area contributed by atoms with Crippen molar-refractivity contribution >= 4 is 34.8 Å². The molecule has 56 valence electrons. The molecular weight excluding hydrogens is 175 g/mol. The van der Waals surface area contributed by atoms with Gasteiger partial charge in [-0.05, 0) is 6.42 Å². The number of halogens is 2. The third-order valence-corrected chi connectivity index (χ3v) is 2.35. The van der Waals surface area contributed by atoms with Crippen LogP contribution in [0.1, 0.15) is 19.3 Å². The Morgan fingerprint density at radius 2 is 1.50 bits per heavy atom. The normalized spacial score (nSPS) is 25.0. The van der Waals surface area contributed by atoms with Crippen LogP contribution in [0.2, 0.25) is 0 Å². The van der Waals surface area contributed by atoms with Gasteiger partial charge in [-0.15, -0.1) is 0 Å². The molecule has 0 atom stereocenters. The zero-order chi connectivity index (χ0) is 7.78. The van der Waals surface area contributed by atoms with Crippen LogP contribution in [0.25, 0.3) is 0 Å². The number of ketones is 2. The van der Waals surface area contributed by atoms with Crippen LogP contribution >= 0.6 is 23.2 Å². The summed E-state index contributed by atoms with van der Waals surface area (Å²) in [5.41, 5.74) is 0. The molecule has 0 aliphatic heterocycles. The van der Waals surface area contributed by atoms with Crippen LogP contribution in [-0.2, 0) is 9.59 Å². The summed E-state index contributed by atoms with van der Waals surface area (Å²) in [5.74, 6) is -0.737. The summed E-state index contributed by atoms with van der Waals surface area (Å²) in [6.07, 6.45) is 1.22. The molecule has 1 saturated carbocycles.